The number of hydrogen-bond acceptors (Lipinski definition) is 3. The molecule has 0 saturated carbocycles. The minimum atomic E-state index is 0.0537. The molecule has 0 spiro atoms. The smallest absolute Gasteiger partial charge is 0.228 e. The molecule has 0 bridgehead atoms. The van der Waals surface area contributed by atoms with Crippen molar-refractivity contribution in [2.24, 2.45) is 0 Å². The van der Waals surface area contributed by atoms with Crippen LogP contribution < -0.4 is 0 Å². The molecule has 0 aliphatic heterocycles. The van der Waals surface area contributed by atoms with Crippen LogP contribution in [0.4, 0.5) is 0 Å². The van der Waals surface area contributed by atoms with Gasteiger partial charge in [0, 0.05) is 31.5 Å². The lowest BCUT2D eigenvalue weighted by Gasteiger charge is -2.16. The highest BCUT2D eigenvalue weighted by Gasteiger charge is 2.12. The highest BCUT2D eigenvalue weighted by molar-refractivity contribution is 5.78. The second-order valence-corrected chi connectivity index (χ2v) is 4.30. The summed E-state index contributed by atoms with van der Waals surface area (Å²) in [6.07, 6.45) is 5.55. The van der Waals surface area contributed by atoms with Crippen molar-refractivity contribution in [3.05, 3.63) is 47.5 Å². The van der Waals surface area contributed by atoms with Crippen LogP contribution in [-0.2, 0) is 17.8 Å². The fourth-order valence-electron chi connectivity index (χ4n) is 1.71. The predicted molar refractivity (Wildman–Crippen MR) is 67.7 cm³/mol. The van der Waals surface area contributed by atoms with Crippen molar-refractivity contribution >= 4 is 5.91 Å². The van der Waals surface area contributed by atoms with Gasteiger partial charge in [0.15, 0.2) is 0 Å². The maximum Gasteiger partial charge on any atom is 0.228 e. The molecule has 1 amide bonds. The van der Waals surface area contributed by atoms with Crippen LogP contribution in [0.3, 0.4) is 0 Å². The van der Waals surface area contributed by atoms with Gasteiger partial charge in [-0.2, -0.15) is 5.10 Å². The molecule has 5 heteroatoms. The lowest BCUT2D eigenvalue weighted by Crippen LogP contribution is -2.28. The molecule has 0 fully saturated rings. The largest absolute Gasteiger partial charge is 0.341 e. The first kappa shape index (κ1) is 12.3. The Morgan fingerprint density at radius 2 is 2.33 bits per heavy atom. The average molecular weight is 244 g/mol. The molecule has 2 aromatic rings. The number of amides is 1. The number of aromatic nitrogens is 3. The van der Waals surface area contributed by atoms with Gasteiger partial charge < -0.3 is 4.90 Å². The first-order valence-electron chi connectivity index (χ1n) is 5.79. The number of aryl methyl sites for hydroxylation is 1. The van der Waals surface area contributed by atoms with Gasteiger partial charge in [0.05, 0.1) is 18.3 Å². The molecule has 2 rings (SSSR count). The second kappa shape index (κ2) is 5.44. The number of nitrogens with one attached hydrogen (secondary N) is 1. The summed E-state index contributed by atoms with van der Waals surface area (Å²) in [5.41, 5.74) is 2.87. The van der Waals surface area contributed by atoms with Gasteiger partial charge in [-0.25, -0.2) is 0 Å². The Bertz CT molecular complexity index is 522. The Morgan fingerprint density at radius 1 is 1.50 bits per heavy atom. The molecule has 94 valence electrons. The van der Waals surface area contributed by atoms with Crippen LogP contribution in [0.1, 0.15) is 16.8 Å². The summed E-state index contributed by atoms with van der Waals surface area (Å²) < 4.78 is 0. The summed E-state index contributed by atoms with van der Waals surface area (Å²) in [5, 5.41) is 6.59. The topological polar surface area (TPSA) is 61.9 Å². The fraction of sp³-hybridized carbons (Fsp3) is 0.308. The molecule has 0 aromatic carbocycles. The fourth-order valence-corrected chi connectivity index (χ4v) is 1.71. The Balaban J connectivity index is 1.98. The van der Waals surface area contributed by atoms with Gasteiger partial charge in [0.2, 0.25) is 5.91 Å². The van der Waals surface area contributed by atoms with E-state index < -0.39 is 0 Å². The Kier molecular flexibility index (Phi) is 3.72. The zero-order valence-electron chi connectivity index (χ0n) is 10.6. The molecule has 0 atom stereocenters. The minimum Gasteiger partial charge on any atom is -0.341 e. The normalized spacial score (nSPS) is 10.3. The number of aromatic amines is 1. The maximum atomic E-state index is 12.0. The molecule has 1 N–H and O–H groups in total. The Hall–Kier alpha value is -2.17. The van der Waals surface area contributed by atoms with Crippen LogP contribution >= 0.6 is 0 Å². The number of H-pyrrole nitrogens is 1. The van der Waals surface area contributed by atoms with E-state index in [9.17, 15) is 4.79 Å². The number of nitrogens with zero attached hydrogens (tertiary/aromatic N) is 3. The lowest BCUT2D eigenvalue weighted by atomic mass is 10.1. The number of carbonyl (C=O) groups is 1. The molecule has 2 aromatic heterocycles. The van der Waals surface area contributed by atoms with Gasteiger partial charge in [-0.3, -0.25) is 14.9 Å². The maximum absolute atomic E-state index is 12.0. The van der Waals surface area contributed by atoms with E-state index in [-0.39, 0.29) is 5.91 Å². The van der Waals surface area contributed by atoms with Crippen LogP contribution in [0, 0.1) is 6.92 Å². The van der Waals surface area contributed by atoms with E-state index in [1.165, 1.54) is 0 Å². The van der Waals surface area contributed by atoms with Gasteiger partial charge >= 0.3 is 0 Å². The SMILES string of the molecule is Cc1cccnc1CC(=O)N(C)Cc1cn[nH]c1. The van der Waals surface area contributed by atoms with Gasteiger partial charge in [0.25, 0.3) is 0 Å². The second-order valence-electron chi connectivity index (χ2n) is 4.30. The van der Waals surface area contributed by atoms with Crippen molar-refractivity contribution in [1.82, 2.24) is 20.1 Å². The van der Waals surface area contributed by atoms with Gasteiger partial charge in [0.1, 0.15) is 0 Å². The summed E-state index contributed by atoms with van der Waals surface area (Å²) in [6.45, 7) is 2.52. The molecular formula is C13H16N4O. The van der Waals surface area contributed by atoms with Crippen molar-refractivity contribution in [2.45, 2.75) is 19.9 Å². The van der Waals surface area contributed by atoms with Crippen LogP contribution in [-0.4, -0.2) is 33.0 Å². The molecule has 18 heavy (non-hydrogen) atoms. The van der Waals surface area contributed by atoms with E-state index in [2.05, 4.69) is 15.2 Å². The third-order valence-electron chi connectivity index (χ3n) is 2.84. The Labute approximate surface area is 106 Å². The molecule has 0 saturated heterocycles. The van der Waals surface area contributed by atoms with Crippen LogP contribution in [0.5, 0.6) is 0 Å². The standard InChI is InChI=1S/C13H16N4O/c1-10-4-3-5-14-12(10)6-13(18)17(2)9-11-7-15-16-8-11/h3-5,7-8H,6,9H2,1-2H3,(H,15,16). The molecule has 0 radical (unpaired) electrons. The monoisotopic (exact) mass is 244 g/mol. The quantitative estimate of drug-likeness (QED) is 0.882. The Morgan fingerprint density at radius 3 is 3.00 bits per heavy atom. The van der Waals surface area contributed by atoms with E-state index >= 15 is 0 Å². The number of hydrogen-bond donors (Lipinski definition) is 1. The number of rotatable bonds is 4. The number of carbonyl (C=O) groups excluding carboxylic acids is 1. The van der Waals surface area contributed by atoms with E-state index in [1.54, 1.807) is 30.5 Å². The van der Waals surface area contributed by atoms with E-state index in [1.807, 2.05) is 19.1 Å². The molecule has 0 aliphatic rings. The number of pyridine rings is 1. The summed E-state index contributed by atoms with van der Waals surface area (Å²) in [7, 11) is 1.79. The third-order valence-corrected chi connectivity index (χ3v) is 2.84. The molecule has 0 unspecified atom stereocenters. The van der Waals surface area contributed by atoms with Crippen molar-refractivity contribution in [3.63, 3.8) is 0 Å². The average Bonchev–Trinajstić information content (AvgIpc) is 2.84. The number of likely N-dealkylation sites (N-methyl/N-ethyl adjacent to an activating group) is 1. The highest BCUT2D eigenvalue weighted by atomic mass is 16.2. The van der Waals surface area contributed by atoms with Crippen molar-refractivity contribution in [3.8, 4) is 0 Å². The van der Waals surface area contributed by atoms with Crippen LogP contribution in [0.2, 0.25) is 0 Å². The molecule has 0 aliphatic carbocycles. The summed E-state index contributed by atoms with van der Waals surface area (Å²) in [5.74, 6) is 0.0537. The van der Waals surface area contributed by atoms with Crippen LogP contribution in [0.15, 0.2) is 30.7 Å². The van der Waals surface area contributed by atoms with Gasteiger partial charge in [-0.05, 0) is 18.6 Å². The first-order chi connectivity index (χ1) is 8.66. The summed E-state index contributed by atoms with van der Waals surface area (Å²) in [4.78, 5) is 18.0. The molecule has 5 nitrogen and oxygen atoms in total. The minimum absolute atomic E-state index is 0.0537. The van der Waals surface area contributed by atoms with Crippen molar-refractivity contribution in [2.75, 3.05) is 7.05 Å². The van der Waals surface area contributed by atoms with Gasteiger partial charge in [-0.15, -0.1) is 0 Å². The third kappa shape index (κ3) is 2.94. The van der Waals surface area contributed by atoms with E-state index in [0.29, 0.717) is 13.0 Å². The summed E-state index contributed by atoms with van der Waals surface area (Å²) >= 11 is 0. The van der Waals surface area contributed by atoms with Gasteiger partial charge in [-0.1, -0.05) is 6.07 Å². The lowest BCUT2D eigenvalue weighted by molar-refractivity contribution is -0.129. The van der Waals surface area contributed by atoms with Crippen molar-refractivity contribution < 1.29 is 4.79 Å². The van der Waals surface area contributed by atoms with E-state index in [0.717, 1.165) is 16.8 Å². The van der Waals surface area contributed by atoms with Crippen LogP contribution in [0.25, 0.3) is 0 Å². The highest BCUT2D eigenvalue weighted by Crippen LogP contribution is 2.07. The molecular weight excluding hydrogens is 228 g/mol. The summed E-state index contributed by atoms with van der Waals surface area (Å²) in [6, 6.07) is 3.84. The molecule has 2 heterocycles. The van der Waals surface area contributed by atoms with E-state index in [4.69, 9.17) is 0 Å². The zero-order chi connectivity index (χ0) is 13.0. The predicted octanol–water partition coefficient (Wildman–Crippen LogP) is 1.31. The van der Waals surface area contributed by atoms with Crippen molar-refractivity contribution in [1.29, 1.82) is 0 Å². The zero-order valence-corrected chi connectivity index (χ0v) is 10.6. The first-order valence-corrected chi connectivity index (χ1v) is 5.79.